The Morgan fingerprint density at radius 3 is 1.80 bits per heavy atom. The van der Waals surface area contributed by atoms with Crippen molar-refractivity contribution in [2.45, 2.75) is 38.5 Å². The third-order valence-electron chi connectivity index (χ3n) is 7.27. The van der Waals surface area contributed by atoms with Crippen LogP contribution in [0.15, 0.2) is 84.9 Å². The number of aromatic nitrogens is 1. The van der Waals surface area contributed by atoms with Crippen LogP contribution in [-0.2, 0) is 10.8 Å². The topological polar surface area (TPSA) is 96.1 Å². The minimum absolute atomic E-state index is 0.0286. The molecule has 0 spiro atoms. The van der Waals surface area contributed by atoms with E-state index in [0.717, 1.165) is 0 Å². The number of pyridine rings is 1. The van der Waals surface area contributed by atoms with E-state index in [4.69, 9.17) is 18.6 Å². The molecule has 6 rings (SSSR count). The molecule has 35 heavy (non-hydrogen) atoms. The summed E-state index contributed by atoms with van der Waals surface area (Å²) in [6, 6.07) is 31.2. The van der Waals surface area contributed by atoms with Gasteiger partial charge in [-0.15, -0.1) is 10.2 Å². The van der Waals surface area contributed by atoms with Crippen LogP contribution < -0.4 is 23.2 Å². The second-order valence-corrected chi connectivity index (χ2v) is 10.8. The van der Waals surface area contributed by atoms with E-state index in [-0.39, 0.29) is 10.8 Å². The Balaban J connectivity index is 0.000000464. The van der Waals surface area contributed by atoms with E-state index < -0.39 is 10.2 Å². The first-order valence-electron chi connectivity index (χ1n) is 11.4. The van der Waals surface area contributed by atoms with Crippen LogP contribution >= 0.6 is 0 Å². The summed E-state index contributed by atoms with van der Waals surface area (Å²) in [5, 5.41) is 0. The van der Waals surface area contributed by atoms with Crippen molar-refractivity contribution in [3.05, 3.63) is 107 Å². The summed E-state index contributed by atoms with van der Waals surface area (Å²) < 4.78 is 36.5. The molecule has 2 aliphatic rings. The van der Waals surface area contributed by atoms with Crippen LogP contribution in [0.3, 0.4) is 0 Å². The summed E-state index contributed by atoms with van der Waals surface area (Å²) in [7, 11) is -4.94. The molecule has 1 aliphatic carbocycles. The molecule has 0 saturated carbocycles. The van der Waals surface area contributed by atoms with Crippen molar-refractivity contribution in [3.8, 4) is 28.1 Å². The van der Waals surface area contributed by atoms with Crippen molar-refractivity contribution in [1.82, 2.24) is 0 Å². The third-order valence-corrected chi connectivity index (χ3v) is 7.27. The van der Waals surface area contributed by atoms with Gasteiger partial charge in [0.2, 0.25) is 17.1 Å². The van der Waals surface area contributed by atoms with Crippen molar-refractivity contribution in [2.24, 2.45) is 0 Å². The third kappa shape index (κ3) is 3.77. The largest absolute Gasteiger partial charge is 0.223 e. The molecule has 0 unspecified atom stereocenters. The number of hydrogen-bond donors (Lipinski definition) is 0. The van der Waals surface area contributed by atoms with E-state index in [1.54, 1.807) is 0 Å². The summed E-state index contributed by atoms with van der Waals surface area (Å²) >= 11 is 0. The van der Waals surface area contributed by atoms with Gasteiger partial charge in [-0.2, -0.15) is 4.57 Å². The molecule has 6 heteroatoms. The molecule has 3 aromatic carbocycles. The van der Waals surface area contributed by atoms with Gasteiger partial charge < -0.3 is 0 Å². The molecule has 0 N–H and O–H groups in total. The van der Waals surface area contributed by atoms with Crippen molar-refractivity contribution >= 4 is 0 Å². The second-order valence-electron chi connectivity index (χ2n) is 10.1. The summed E-state index contributed by atoms with van der Waals surface area (Å²) in [6.07, 6.45) is 0. The Bertz CT molecular complexity index is 1430. The van der Waals surface area contributed by atoms with Gasteiger partial charge in [0, 0.05) is 22.6 Å². The van der Waals surface area contributed by atoms with Crippen LogP contribution in [0.2, 0.25) is 0 Å². The molecular formula is C29H26ClNO4. The molecular weight excluding hydrogens is 462 g/mol. The minimum atomic E-state index is -4.94. The molecule has 4 aromatic rings. The maximum absolute atomic E-state index is 8.49. The van der Waals surface area contributed by atoms with Crippen LogP contribution in [0.5, 0.6) is 0 Å². The molecule has 0 saturated heterocycles. The monoisotopic (exact) mass is 487 g/mol. The highest BCUT2D eigenvalue weighted by Gasteiger charge is 2.52. The van der Waals surface area contributed by atoms with E-state index in [2.05, 4.69) is 117 Å². The van der Waals surface area contributed by atoms with Crippen LogP contribution in [0.4, 0.5) is 0 Å². The first-order valence-corrected chi connectivity index (χ1v) is 12.7. The normalized spacial score (nSPS) is 15.9. The Morgan fingerprint density at radius 1 is 0.600 bits per heavy atom. The molecule has 0 fully saturated rings. The second kappa shape index (κ2) is 7.98. The van der Waals surface area contributed by atoms with Crippen LogP contribution in [-0.4, -0.2) is 0 Å². The van der Waals surface area contributed by atoms with Gasteiger partial charge in [0.1, 0.15) is 0 Å². The van der Waals surface area contributed by atoms with Gasteiger partial charge in [-0.3, -0.25) is 0 Å². The fourth-order valence-corrected chi connectivity index (χ4v) is 5.77. The summed E-state index contributed by atoms with van der Waals surface area (Å²) in [5.74, 6) is 0. The van der Waals surface area contributed by atoms with Gasteiger partial charge in [0.05, 0.1) is 16.5 Å². The van der Waals surface area contributed by atoms with E-state index in [1.807, 2.05) is 0 Å². The van der Waals surface area contributed by atoms with Gasteiger partial charge in [-0.1, -0.05) is 80.6 Å². The lowest BCUT2D eigenvalue weighted by Gasteiger charge is -2.22. The van der Waals surface area contributed by atoms with Gasteiger partial charge in [0.25, 0.3) is 0 Å². The summed E-state index contributed by atoms with van der Waals surface area (Å²) in [6.45, 7) is 9.47. The molecule has 0 radical (unpaired) electrons. The zero-order chi connectivity index (χ0) is 25.2. The van der Waals surface area contributed by atoms with Crippen molar-refractivity contribution in [3.63, 3.8) is 0 Å². The number of rotatable bonds is 1. The van der Waals surface area contributed by atoms with Gasteiger partial charge in [0.15, 0.2) is 0 Å². The van der Waals surface area contributed by atoms with E-state index >= 15 is 0 Å². The molecule has 178 valence electrons. The number of halogens is 1. The minimum Gasteiger partial charge on any atom is -0.222 e. The number of benzene rings is 3. The Hall–Kier alpha value is -3.06. The predicted octanol–water partition coefficient (Wildman–Crippen LogP) is 1.82. The van der Waals surface area contributed by atoms with E-state index in [0.29, 0.717) is 0 Å². The molecule has 5 nitrogen and oxygen atoms in total. The lowest BCUT2D eigenvalue weighted by Crippen LogP contribution is -2.68. The predicted molar refractivity (Wildman–Crippen MR) is 123 cm³/mol. The van der Waals surface area contributed by atoms with E-state index in [1.165, 1.54) is 50.5 Å². The van der Waals surface area contributed by atoms with Crippen molar-refractivity contribution in [1.29, 1.82) is 0 Å². The summed E-state index contributed by atoms with van der Waals surface area (Å²) in [4.78, 5) is 0. The highest BCUT2D eigenvalue weighted by molar-refractivity contribution is 5.81. The van der Waals surface area contributed by atoms with Crippen molar-refractivity contribution < 1.29 is 33.4 Å². The molecule has 0 amide bonds. The quantitative estimate of drug-likeness (QED) is 0.382. The molecule has 0 atom stereocenters. The smallest absolute Gasteiger partial charge is 0.222 e. The van der Waals surface area contributed by atoms with Gasteiger partial charge >= 0.3 is 0 Å². The van der Waals surface area contributed by atoms with Gasteiger partial charge in [-0.05, 0) is 37.1 Å². The van der Waals surface area contributed by atoms with Crippen LogP contribution in [0, 0.1) is 10.2 Å². The molecule has 0 bridgehead atoms. The Labute approximate surface area is 207 Å². The van der Waals surface area contributed by atoms with Crippen LogP contribution in [0.1, 0.15) is 50.1 Å². The Morgan fingerprint density at radius 2 is 1.14 bits per heavy atom. The lowest BCUT2D eigenvalue weighted by molar-refractivity contribution is -2.00. The maximum atomic E-state index is 8.49. The fourth-order valence-electron chi connectivity index (χ4n) is 5.77. The highest BCUT2D eigenvalue weighted by atomic mass is 35.7. The number of para-hydroxylation sites is 1. The first kappa shape index (κ1) is 23.7. The lowest BCUT2D eigenvalue weighted by atomic mass is 9.78. The molecule has 1 aromatic heterocycles. The maximum Gasteiger partial charge on any atom is 0.223 e. The zero-order valence-corrected chi connectivity index (χ0v) is 20.8. The Kier molecular flexibility index (Phi) is 5.40. The highest BCUT2D eigenvalue weighted by Crippen LogP contribution is 2.52. The van der Waals surface area contributed by atoms with Gasteiger partial charge in [-0.25, -0.2) is 18.6 Å². The zero-order valence-electron chi connectivity index (χ0n) is 20.0. The number of nitrogens with zero attached hydrogens (tertiary/aromatic N) is 1. The standard InChI is InChI=1S/C29H26N.ClHO4/c1-28(2)22-15-9-8-14-20(22)26-24(28)18-21(19-12-6-5-7-13-19)27-29(3,4)23-16-10-11-17-25(23)30(26)27;2-1(3,4)5/h5-18H,1-4H3;(H,2,3,4,5)/q+1;/p-1. The fraction of sp³-hybridized carbons (Fsp3) is 0.207. The average Bonchev–Trinajstić information content (AvgIpc) is 3.19. The molecule has 1 aliphatic heterocycles. The van der Waals surface area contributed by atoms with E-state index in [9.17, 15) is 0 Å². The molecule has 2 heterocycles. The first-order chi connectivity index (χ1) is 16.4. The van der Waals surface area contributed by atoms with Crippen molar-refractivity contribution in [2.75, 3.05) is 0 Å². The average molecular weight is 488 g/mol. The van der Waals surface area contributed by atoms with Crippen LogP contribution in [0.25, 0.3) is 28.1 Å². The number of fused-ring (bicyclic) bond motifs is 7. The number of hydrogen-bond acceptors (Lipinski definition) is 4. The summed E-state index contributed by atoms with van der Waals surface area (Å²) in [5.41, 5.74) is 12.2. The SMILES string of the molecule is CC1(C)c2ccccc2-c2c1cc(-c1ccccc1)c1[n+]2-c2ccccc2C1(C)C.[O-][Cl+3]([O-])([O-])[O-].